The van der Waals surface area contributed by atoms with Gasteiger partial charge in [0.2, 0.25) is 5.91 Å². The summed E-state index contributed by atoms with van der Waals surface area (Å²) in [6.07, 6.45) is 13.5. The SMILES string of the molecule is C[C@@H]1CCC[C@H](O[C@@H](C)C(=O)NC2CCCCCCC2)C1. The average molecular weight is 295 g/mol. The van der Waals surface area contributed by atoms with Crippen LogP contribution in [0.5, 0.6) is 0 Å². The summed E-state index contributed by atoms with van der Waals surface area (Å²) in [5, 5.41) is 3.22. The smallest absolute Gasteiger partial charge is 0.249 e. The van der Waals surface area contributed by atoms with Crippen molar-refractivity contribution in [3.05, 3.63) is 0 Å². The zero-order chi connectivity index (χ0) is 15.1. The van der Waals surface area contributed by atoms with Crippen molar-refractivity contribution in [2.24, 2.45) is 5.92 Å². The molecule has 1 N–H and O–H groups in total. The van der Waals surface area contributed by atoms with E-state index in [1.807, 2.05) is 6.92 Å². The third-order valence-corrected chi connectivity index (χ3v) is 5.11. The van der Waals surface area contributed by atoms with Gasteiger partial charge in [-0.05, 0) is 38.5 Å². The van der Waals surface area contributed by atoms with Gasteiger partial charge in [-0.25, -0.2) is 0 Å². The van der Waals surface area contributed by atoms with Crippen LogP contribution >= 0.6 is 0 Å². The van der Waals surface area contributed by atoms with Crippen molar-refractivity contribution in [2.75, 3.05) is 0 Å². The van der Waals surface area contributed by atoms with Gasteiger partial charge in [-0.2, -0.15) is 0 Å². The first-order valence-corrected chi connectivity index (χ1v) is 9.11. The van der Waals surface area contributed by atoms with Crippen molar-refractivity contribution < 1.29 is 9.53 Å². The second kappa shape index (κ2) is 8.77. The lowest BCUT2D eigenvalue weighted by atomic mass is 9.88. The van der Waals surface area contributed by atoms with Crippen molar-refractivity contribution in [3.8, 4) is 0 Å². The number of carbonyl (C=O) groups is 1. The quantitative estimate of drug-likeness (QED) is 0.844. The standard InChI is InChI=1S/C18H33NO2/c1-14-9-8-12-17(13-14)21-15(2)18(20)19-16-10-6-4-3-5-7-11-16/h14-17H,3-13H2,1-2H3,(H,19,20)/t14-,15+,17+/m1/s1. The van der Waals surface area contributed by atoms with E-state index in [-0.39, 0.29) is 18.1 Å². The van der Waals surface area contributed by atoms with Crippen LogP contribution in [0, 0.1) is 5.92 Å². The van der Waals surface area contributed by atoms with E-state index in [9.17, 15) is 4.79 Å². The Morgan fingerprint density at radius 1 is 1.00 bits per heavy atom. The minimum Gasteiger partial charge on any atom is -0.365 e. The van der Waals surface area contributed by atoms with Crippen LogP contribution in [-0.2, 0) is 9.53 Å². The first-order chi connectivity index (χ1) is 10.1. The summed E-state index contributed by atoms with van der Waals surface area (Å²) >= 11 is 0. The third-order valence-electron chi connectivity index (χ3n) is 5.11. The fraction of sp³-hybridized carbons (Fsp3) is 0.944. The topological polar surface area (TPSA) is 38.3 Å². The molecule has 0 spiro atoms. The molecule has 0 radical (unpaired) electrons. The summed E-state index contributed by atoms with van der Waals surface area (Å²) < 4.78 is 6.01. The highest BCUT2D eigenvalue weighted by Gasteiger charge is 2.25. The van der Waals surface area contributed by atoms with E-state index >= 15 is 0 Å². The van der Waals surface area contributed by atoms with Crippen LogP contribution < -0.4 is 5.32 Å². The van der Waals surface area contributed by atoms with Gasteiger partial charge in [0.1, 0.15) is 6.10 Å². The molecule has 2 aliphatic rings. The highest BCUT2D eigenvalue weighted by Crippen LogP contribution is 2.26. The summed E-state index contributed by atoms with van der Waals surface area (Å²) in [5.74, 6) is 0.836. The zero-order valence-electron chi connectivity index (χ0n) is 13.9. The molecule has 3 heteroatoms. The van der Waals surface area contributed by atoms with E-state index in [1.165, 1.54) is 44.9 Å². The molecule has 0 aromatic carbocycles. The van der Waals surface area contributed by atoms with Crippen molar-refractivity contribution in [1.29, 1.82) is 0 Å². The lowest BCUT2D eigenvalue weighted by Gasteiger charge is -2.30. The molecule has 0 aliphatic heterocycles. The van der Waals surface area contributed by atoms with Crippen LogP contribution in [0.15, 0.2) is 0 Å². The maximum absolute atomic E-state index is 12.3. The molecule has 2 saturated carbocycles. The second-order valence-electron chi connectivity index (χ2n) is 7.22. The van der Waals surface area contributed by atoms with Gasteiger partial charge in [-0.15, -0.1) is 0 Å². The van der Waals surface area contributed by atoms with Crippen LogP contribution in [0.2, 0.25) is 0 Å². The van der Waals surface area contributed by atoms with Crippen molar-refractivity contribution in [3.63, 3.8) is 0 Å². The summed E-state index contributed by atoms with van der Waals surface area (Å²) in [6, 6.07) is 0.370. The molecule has 21 heavy (non-hydrogen) atoms. The van der Waals surface area contributed by atoms with Crippen molar-refractivity contribution in [2.45, 2.75) is 103 Å². The molecule has 0 unspecified atom stereocenters. The molecule has 0 saturated heterocycles. The maximum Gasteiger partial charge on any atom is 0.249 e. The largest absolute Gasteiger partial charge is 0.365 e. The number of ether oxygens (including phenoxy) is 1. The highest BCUT2D eigenvalue weighted by atomic mass is 16.5. The van der Waals surface area contributed by atoms with Gasteiger partial charge in [0.05, 0.1) is 6.10 Å². The van der Waals surface area contributed by atoms with Crippen LogP contribution in [0.4, 0.5) is 0 Å². The van der Waals surface area contributed by atoms with Crippen molar-refractivity contribution >= 4 is 5.91 Å². The van der Waals surface area contributed by atoms with Crippen LogP contribution in [0.3, 0.4) is 0 Å². The highest BCUT2D eigenvalue weighted by molar-refractivity contribution is 5.80. The number of rotatable bonds is 4. The number of carbonyl (C=O) groups excluding carboxylic acids is 1. The number of nitrogens with one attached hydrogen (secondary N) is 1. The van der Waals surface area contributed by atoms with E-state index < -0.39 is 0 Å². The Morgan fingerprint density at radius 2 is 1.67 bits per heavy atom. The predicted molar refractivity (Wildman–Crippen MR) is 86.2 cm³/mol. The molecule has 2 fully saturated rings. The Balaban J connectivity index is 1.73. The van der Waals surface area contributed by atoms with Crippen molar-refractivity contribution in [1.82, 2.24) is 5.32 Å². The minimum atomic E-state index is -0.300. The fourth-order valence-electron chi connectivity index (χ4n) is 3.77. The molecule has 122 valence electrons. The minimum absolute atomic E-state index is 0.0961. The Bertz CT molecular complexity index is 310. The Morgan fingerprint density at radius 3 is 2.33 bits per heavy atom. The van der Waals surface area contributed by atoms with Gasteiger partial charge in [-0.3, -0.25) is 4.79 Å². The first kappa shape index (κ1) is 16.8. The molecule has 1 amide bonds. The Labute approximate surface area is 130 Å². The van der Waals surface area contributed by atoms with Gasteiger partial charge >= 0.3 is 0 Å². The molecule has 0 aromatic rings. The monoisotopic (exact) mass is 295 g/mol. The number of hydrogen-bond donors (Lipinski definition) is 1. The van der Waals surface area contributed by atoms with Crippen LogP contribution in [-0.4, -0.2) is 24.2 Å². The van der Waals surface area contributed by atoms with E-state index in [1.54, 1.807) is 0 Å². The van der Waals surface area contributed by atoms with Gasteiger partial charge in [0, 0.05) is 6.04 Å². The van der Waals surface area contributed by atoms with Crippen LogP contribution in [0.25, 0.3) is 0 Å². The third kappa shape index (κ3) is 5.98. The molecule has 0 heterocycles. The lowest BCUT2D eigenvalue weighted by molar-refractivity contribution is -0.138. The first-order valence-electron chi connectivity index (χ1n) is 9.11. The van der Waals surface area contributed by atoms with Crippen LogP contribution in [0.1, 0.15) is 84.5 Å². The normalized spacial score (nSPS) is 30.2. The summed E-state index contributed by atoms with van der Waals surface area (Å²) in [5.41, 5.74) is 0. The zero-order valence-corrected chi connectivity index (χ0v) is 13.9. The lowest BCUT2D eigenvalue weighted by Crippen LogP contribution is -2.43. The van der Waals surface area contributed by atoms with Gasteiger partial charge in [0.25, 0.3) is 0 Å². The maximum atomic E-state index is 12.3. The van der Waals surface area contributed by atoms with E-state index in [0.29, 0.717) is 6.04 Å². The molecule has 2 rings (SSSR count). The number of amides is 1. The molecular formula is C18H33NO2. The summed E-state index contributed by atoms with van der Waals surface area (Å²) in [7, 11) is 0. The summed E-state index contributed by atoms with van der Waals surface area (Å²) in [6.45, 7) is 4.20. The predicted octanol–water partition coefficient (Wildman–Crippen LogP) is 4.20. The molecule has 3 nitrogen and oxygen atoms in total. The molecule has 0 bridgehead atoms. The van der Waals surface area contributed by atoms with E-state index in [2.05, 4.69) is 12.2 Å². The Hall–Kier alpha value is -0.570. The van der Waals surface area contributed by atoms with Gasteiger partial charge in [0.15, 0.2) is 0 Å². The van der Waals surface area contributed by atoms with E-state index in [4.69, 9.17) is 4.74 Å². The second-order valence-corrected chi connectivity index (χ2v) is 7.22. The molecule has 2 aliphatic carbocycles. The molecule has 3 atom stereocenters. The fourth-order valence-corrected chi connectivity index (χ4v) is 3.77. The summed E-state index contributed by atoms with van der Waals surface area (Å²) in [4.78, 5) is 12.3. The molecule has 0 aromatic heterocycles. The van der Waals surface area contributed by atoms with Gasteiger partial charge < -0.3 is 10.1 Å². The Kier molecular flexibility index (Phi) is 7.01. The number of hydrogen-bond acceptors (Lipinski definition) is 2. The average Bonchev–Trinajstić information content (AvgIpc) is 2.41. The van der Waals surface area contributed by atoms with E-state index in [0.717, 1.165) is 31.6 Å². The van der Waals surface area contributed by atoms with Gasteiger partial charge in [-0.1, -0.05) is 51.9 Å². The molecular weight excluding hydrogens is 262 g/mol.